The molecule has 0 saturated carbocycles. The van der Waals surface area contributed by atoms with E-state index in [1.54, 1.807) is 36.4 Å². The van der Waals surface area contributed by atoms with E-state index in [0.29, 0.717) is 22.4 Å². The average molecular weight is 323 g/mol. The van der Waals surface area contributed by atoms with Crippen molar-refractivity contribution in [1.29, 1.82) is 5.41 Å². The minimum atomic E-state index is -0.303. The fraction of sp³-hybridized carbons (Fsp3) is 0.0714. The smallest absolute Gasteiger partial charge is 0.137 e. The Kier molecular flexibility index (Phi) is 4.16. The molecule has 2 aromatic rings. The van der Waals surface area contributed by atoms with Crippen LogP contribution in [0.3, 0.4) is 0 Å². The lowest BCUT2D eigenvalue weighted by Gasteiger charge is -2.08. The summed E-state index contributed by atoms with van der Waals surface area (Å²) in [7, 11) is 0. The molecule has 0 atom stereocenters. The zero-order valence-electron chi connectivity index (χ0n) is 9.99. The summed E-state index contributed by atoms with van der Waals surface area (Å²) in [6.07, 6.45) is 0. The first-order chi connectivity index (χ1) is 9.06. The van der Waals surface area contributed by atoms with Gasteiger partial charge >= 0.3 is 0 Å². The van der Waals surface area contributed by atoms with Crippen molar-refractivity contribution < 1.29 is 9.13 Å². The maximum absolute atomic E-state index is 13.1. The van der Waals surface area contributed by atoms with E-state index in [9.17, 15) is 4.39 Å². The molecule has 98 valence electrons. The normalized spacial score (nSPS) is 10.2. The molecule has 2 rings (SSSR count). The van der Waals surface area contributed by atoms with Crippen LogP contribution in [-0.4, -0.2) is 5.84 Å². The number of amidine groups is 1. The van der Waals surface area contributed by atoms with Crippen LogP contribution in [0.1, 0.15) is 11.1 Å². The highest BCUT2D eigenvalue weighted by Crippen LogP contribution is 2.19. The van der Waals surface area contributed by atoms with Gasteiger partial charge in [0.25, 0.3) is 0 Å². The molecule has 0 spiro atoms. The molecule has 2 aromatic carbocycles. The summed E-state index contributed by atoms with van der Waals surface area (Å²) in [5.41, 5.74) is 6.86. The van der Waals surface area contributed by atoms with Gasteiger partial charge in [-0.2, -0.15) is 0 Å². The lowest BCUT2D eigenvalue weighted by atomic mass is 10.2. The molecule has 0 aliphatic rings. The lowest BCUT2D eigenvalue weighted by molar-refractivity contribution is 0.306. The number of hydrogen-bond acceptors (Lipinski definition) is 2. The fourth-order valence-corrected chi connectivity index (χ4v) is 1.98. The number of hydrogen-bond donors (Lipinski definition) is 2. The van der Waals surface area contributed by atoms with Gasteiger partial charge in [-0.25, -0.2) is 4.39 Å². The quantitative estimate of drug-likeness (QED) is 0.669. The van der Waals surface area contributed by atoms with Crippen LogP contribution in [0.4, 0.5) is 4.39 Å². The Bertz CT molecular complexity index is 616. The number of nitrogens with one attached hydrogen (secondary N) is 1. The van der Waals surface area contributed by atoms with Crippen LogP contribution < -0.4 is 10.5 Å². The van der Waals surface area contributed by atoms with Crippen molar-refractivity contribution in [3.8, 4) is 5.75 Å². The second kappa shape index (κ2) is 5.84. The molecule has 0 aliphatic carbocycles. The van der Waals surface area contributed by atoms with Gasteiger partial charge in [0.1, 0.15) is 24.0 Å². The van der Waals surface area contributed by atoms with Gasteiger partial charge in [0, 0.05) is 5.56 Å². The minimum Gasteiger partial charge on any atom is -0.489 e. The van der Waals surface area contributed by atoms with Gasteiger partial charge < -0.3 is 10.5 Å². The molecule has 0 aromatic heterocycles. The zero-order valence-corrected chi connectivity index (χ0v) is 11.6. The first-order valence-electron chi connectivity index (χ1n) is 5.57. The average Bonchev–Trinajstić information content (AvgIpc) is 2.40. The monoisotopic (exact) mass is 322 g/mol. The van der Waals surface area contributed by atoms with Crippen LogP contribution in [0.2, 0.25) is 0 Å². The number of nitrogens with two attached hydrogens (primary N) is 1. The maximum atomic E-state index is 13.1. The summed E-state index contributed by atoms with van der Waals surface area (Å²) in [4.78, 5) is 0. The molecule has 5 heteroatoms. The number of ether oxygens (including phenoxy) is 1. The van der Waals surface area contributed by atoms with Gasteiger partial charge in [-0.05, 0) is 45.8 Å². The van der Waals surface area contributed by atoms with Gasteiger partial charge in [-0.15, -0.1) is 0 Å². The van der Waals surface area contributed by atoms with Gasteiger partial charge in [0.15, 0.2) is 0 Å². The molecule has 3 N–H and O–H groups in total. The van der Waals surface area contributed by atoms with Gasteiger partial charge in [-0.3, -0.25) is 5.41 Å². The third-order valence-electron chi connectivity index (χ3n) is 2.53. The summed E-state index contributed by atoms with van der Waals surface area (Å²) in [5, 5.41) is 7.35. The maximum Gasteiger partial charge on any atom is 0.137 e. The van der Waals surface area contributed by atoms with E-state index in [-0.39, 0.29) is 11.7 Å². The molecule has 0 bridgehead atoms. The summed E-state index contributed by atoms with van der Waals surface area (Å²) < 4.78 is 19.1. The Morgan fingerprint density at radius 3 is 2.74 bits per heavy atom. The Hall–Kier alpha value is -1.88. The highest BCUT2D eigenvalue weighted by Gasteiger charge is 2.03. The van der Waals surface area contributed by atoms with Gasteiger partial charge in [0.05, 0.1) is 4.47 Å². The Morgan fingerprint density at radius 2 is 2.05 bits per heavy atom. The van der Waals surface area contributed by atoms with Crippen LogP contribution in [0.25, 0.3) is 0 Å². The van der Waals surface area contributed by atoms with E-state index in [0.717, 1.165) is 5.56 Å². The van der Waals surface area contributed by atoms with Crippen LogP contribution >= 0.6 is 15.9 Å². The Morgan fingerprint density at radius 1 is 1.26 bits per heavy atom. The van der Waals surface area contributed by atoms with Crippen LogP contribution in [-0.2, 0) is 6.61 Å². The van der Waals surface area contributed by atoms with Crippen molar-refractivity contribution in [3.05, 3.63) is 63.9 Å². The Labute approximate surface area is 118 Å². The summed E-state index contributed by atoms with van der Waals surface area (Å²) >= 11 is 3.13. The molecule has 0 amide bonds. The van der Waals surface area contributed by atoms with Crippen molar-refractivity contribution in [2.45, 2.75) is 6.61 Å². The van der Waals surface area contributed by atoms with E-state index in [4.69, 9.17) is 15.9 Å². The highest BCUT2D eigenvalue weighted by molar-refractivity contribution is 9.10. The standard InChI is InChI=1S/C14H12BrFN2O/c15-12-6-9(4-5-13(12)16)8-19-11-3-1-2-10(7-11)14(17)18/h1-7H,8H2,(H3,17,18). The van der Waals surface area contributed by atoms with E-state index in [1.165, 1.54) is 6.07 Å². The molecule has 19 heavy (non-hydrogen) atoms. The zero-order chi connectivity index (χ0) is 13.8. The van der Waals surface area contributed by atoms with Crippen LogP contribution in [0.15, 0.2) is 46.9 Å². The van der Waals surface area contributed by atoms with E-state index in [2.05, 4.69) is 15.9 Å². The largest absolute Gasteiger partial charge is 0.489 e. The number of rotatable bonds is 4. The molecular formula is C14H12BrFN2O. The number of benzene rings is 2. The molecular weight excluding hydrogens is 311 g/mol. The lowest BCUT2D eigenvalue weighted by Crippen LogP contribution is -2.10. The van der Waals surface area contributed by atoms with Crippen molar-refractivity contribution in [2.24, 2.45) is 5.73 Å². The van der Waals surface area contributed by atoms with E-state index < -0.39 is 0 Å². The minimum absolute atomic E-state index is 0.00465. The van der Waals surface area contributed by atoms with Gasteiger partial charge in [0.2, 0.25) is 0 Å². The van der Waals surface area contributed by atoms with Crippen molar-refractivity contribution in [2.75, 3.05) is 0 Å². The predicted molar refractivity (Wildman–Crippen MR) is 75.9 cm³/mol. The first-order valence-corrected chi connectivity index (χ1v) is 6.37. The third kappa shape index (κ3) is 3.54. The van der Waals surface area contributed by atoms with Crippen molar-refractivity contribution in [3.63, 3.8) is 0 Å². The summed E-state index contributed by atoms with van der Waals surface area (Å²) in [6, 6.07) is 11.7. The number of nitrogen functional groups attached to an aromatic ring is 1. The molecule has 0 unspecified atom stereocenters. The Balaban J connectivity index is 2.07. The first kappa shape index (κ1) is 13.5. The fourth-order valence-electron chi connectivity index (χ4n) is 1.55. The summed E-state index contributed by atoms with van der Waals surface area (Å²) in [6.45, 7) is 0.320. The summed E-state index contributed by atoms with van der Waals surface area (Å²) in [5.74, 6) is 0.311. The second-order valence-electron chi connectivity index (χ2n) is 3.98. The predicted octanol–water partition coefficient (Wildman–Crippen LogP) is 3.45. The van der Waals surface area contributed by atoms with Crippen molar-refractivity contribution >= 4 is 21.8 Å². The van der Waals surface area contributed by atoms with Crippen LogP contribution in [0.5, 0.6) is 5.75 Å². The molecule has 0 fully saturated rings. The highest BCUT2D eigenvalue weighted by atomic mass is 79.9. The molecule has 0 saturated heterocycles. The molecule has 0 heterocycles. The van der Waals surface area contributed by atoms with Gasteiger partial charge in [-0.1, -0.05) is 18.2 Å². The van der Waals surface area contributed by atoms with Crippen LogP contribution in [0, 0.1) is 11.2 Å². The number of halogens is 2. The van der Waals surface area contributed by atoms with E-state index in [1.807, 2.05) is 0 Å². The van der Waals surface area contributed by atoms with Crippen molar-refractivity contribution in [1.82, 2.24) is 0 Å². The topological polar surface area (TPSA) is 59.1 Å². The second-order valence-corrected chi connectivity index (χ2v) is 4.83. The molecule has 3 nitrogen and oxygen atoms in total. The SMILES string of the molecule is N=C(N)c1cccc(OCc2ccc(F)c(Br)c2)c1. The molecule has 0 radical (unpaired) electrons. The molecule has 0 aliphatic heterocycles. The third-order valence-corrected chi connectivity index (χ3v) is 3.14. The van der Waals surface area contributed by atoms with E-state index >= 15 is 0 Å².